The van der Waals surface area contributed by atoms with Crippen LogP contribution in [0.5, 0.6) is 0 Å². The standard InChI is InChI=1S/C10H13N3O3S/c14-8(15)5-7(6-1-2-6)12-9(16)13-10-11-3-4-17-10/h3-4,6-7H,1-2,5H2,(H,14,15)(H2,11,12,13,16). The Bertz CT molecular complexity index is 403. The molecule has 0 aromatic carbocycles. The summed E-state index contributed by atoms with van der Waals surface area (Å²) in [5.74, 6) is -0.593. The zero-order chi connectivity index (χ0) is 12.3. The molecule has 7 heteroatoms. The first-order valence-electron chi connectivity index (χ1n) is 5.34. The molecule has 1 saturated carbocycles. The van der Waals surface area contributed by atoms with Gasteiger partial charge in [-0.15, -0.1) is 11.3 Å². The number of carboxylic acid groups (broad SMARTS) is 1. The molecule has 6 nitrogen and oxygen atoms in total. The quantitative estimate of drug-likeness (QED) is 0.743. The number of aromatic nitrogens is 1. The highest BCUT2D eigenvalue weighted by Crippen LogP contribution is 2.34. The Morgan fingerprint density at radius 3 is 2.88 bits per heavy atom. The van der Waals surface area contributed by atoms with Gasteiger partial charge in [-0.2, -0.15) is 0 Å². The molecule has 1 aromatic heterocycles. The van der Waals surface area contributed by atoms with Crippen LogP contribution in [0.25, 0.3) is 0 Å². The highest BCUT2D eigenvalue weighted by atomic mass is 32.1. The van der Waals surface area contributed by atoms with E-state index in [4.69, 9.17) is 5.11 Å². The van der Waals surface area contributed by atoms with E-state index in [0.717, 1.165) is 12.8 Å². The second kappa shape index (κ2) is 5.13. The SMILES string of the molecule is O=C(O)CC(NC(=O)Nc1nccs1)C1CC1. The summed E-state index contributed by atoms with van der Waals surface area (Å²) in [6, 6.07) is -0.675. The molecular weight excluding hydrogens is 242 g/mol. The summed E-state index contributed by atoms with van der Waals surface area (Å²) in [4.78, 5) is 26.2. The molecule has 0 radical (unpaired) electrons. The van der Waals surface area contributed by atoms with Crippen molar-refractivity contribution in [2.75, 3.05) is 5.32 Å². The molecule has 3 N–H and O–H groups in total. The van der Waals surface area contributed by atoms with E-state index in [-0.39, 0.29) is 12.5 Å². The van der Waals surface area contributed by atoms with Gasteiger partial charge in [0.25, 0.3) is 0 Å². The number of aliphatic carboxylic acids is 1. The Kier molecular flexibility index (Phi) is 3.58. The van der Waals surface area contributed by atoms with Crippen molar-refractivity contribution in [1.29, 1.82) is 0 Å². The van der Waals surface area contributed by atoms with E-state index in [1.54, 1.807) is 11.6 Å². The van der Waals surface area contributed by atoms with Gasteiger partial charge in [0, 0.05) is 17.6 Å². The Hall–Kier alpha value is -1.63. The van der Waals surface area contributed by atoms with Crippen LogP contribution >= 0.6 is 11.3 Å². The van der Waals surface area contributed by atoms with Crippen molar-refractivity contribution in [3.63, 3.8) is 0 Å². The molecule has 1 aliphatic rings. The third-order valence-corrected chi connectivity index (χ3v) is 3.24. The van der Waals surface area contributed by atoms with Gasteiger partial charge >= 0.3 is 12.0 Å². The average Bonchev–Trinajstić information content (AvgIpc) is 2.97. The van der Waals surface area contributed by atoms with Gasteiger partial charge in [-0.3, -0.25) is 10.1 Å². The first-order valence-corrected chi connectivity index (χ1v) is 6.22. The molecule has 0 bridgehead atoms. The van der Waals surface area contributed by atoms with Gasteiger partial charge in [0.05, 0.1) is 6.42 Å². The third kappa shape index (κ3) is 3.70. The lowest BCUT2D eigenvalue weighted by Crippen LogP contribution is -2.40. The molecular formula is C10H13N3O3S. The van der Waals surface area contributed by atoms with E-state index in [1.165, 1.54) is 11.3 Å². The van der Waals surface area contributed by atoms with Gasteiger partial charge in [-0.25, -0.2) is 9.78 Å². The predicted molar refractivity (Wildman–Crippen MR) is 63.0 cm³/mol. The largest absolute Gasteiger partial charge is 0.481 e. The molecule has 1 fully saturated rings. The van der Waals surface area contributed by atoms with Crippen molar-refractivity contribution in [2.24, 2.45) is 5.92 Å². The smallest absolute Gasteiger partial charge is 0.321 e. The van der Waals surface area contributed by atoms with Crippen molar-refractivity contribution in [1.82, 2.24) is 10.3 Å². The normalized spacial score (nSPS) is 16.2. The maximum Gasteiger partial charge on any atom is 0.321 e. The number of carboxylic acids is 1. The number of nitrogens with zero attached hydrogens (tertiary/aromatic N) is 1. The first-order chi connectivity index (χ1) is 8.15. The molecule has 0 saturated heterocycles. The van der Waals surface area contributed by atoms with Crippen LogP contribution in [0, 0.1) is 5.92 Å². The van der Waals surface area contributed by atoms with Crippen molar-refractivity contribution >= 4 is 28.5 Å². The van der Waals surface area contributed by atoms with Gasteiger partial charge in [-0.05, 0) is 18.8 Å². The maximum absolute atomic E-state index is 11.6. The lowest BCUT2D eigenvalue weighted by atomic mass is 10.1. The van der Waals surface area contributed by atoms with Crippen molar-refractivity contribution in [2.45, 2.75) is 25.3 Å². The van der Waals surface area contributed by atoms with Crippen LogP contribution in [-0.4, -0.2) is 28.1 Å². The summed E-state index contributed by atoms with van der Waals surface area (Å²) in [6.45, 7) is 0. The molecule has 92 valence electrons. The number of nitrogens with one attached hydrogen (secondary N) is 2. The molecule has 1 aromatic rings. The van der Waals surface area contributed by atoms with E-state index in [1.807, 2.05) is 0 Å². The number of carbonyl (C=O) groups excluding carboxylic acids is 1. The van der Waals surface area contributed by atoms with Crippen molar-refractivity contribution in [3.8, 4) is 0 Å². The number of urea groups is 1. The molecule has 1 unspecified atom stereocenters. The highest BCUT2D eigenvalue weighted by molar-refractivity contribution is 7.13. The Morgan fingerprint density at radius 1 is 1.59 bits per heavy atom. The van der Waals surface area contributed by atoms with Gasteiger partial charge in [-0.1, -0.05) is 0 Å². The molecule has 1 atom stereocenters. The maximum atomic E-state index is 11.6. The van der Waals surface area contributed by atoms with Crippen LogP contribution in [0.4, 0.5) is 9.93 Å². The van der Waals surface area contributed by atoms with E-state index < -0.39 is 12.0 Å². The number of thiazole rings is 1. The predicted octanol–water partition coefficient (Wildman–Crippen LogP) is 1.52. The number of carbonyl (C=O) groups is 2. The van der Waals surface area contributed by atoms with E-state index >= 15 is 0 Å². The molecule has 0 spiro atoms. The summed E-state index contributed by atoms with van der Waals surface area (Å²) >= 11 is 1.32. The van der Waals surface area contributed by atoms with Gasteiger partial charge < -0.3 is 10.4 Å². The fraction of sp³-hybridized carbons (Fsp3) is 0.500. The zero-order valence-electron chi connectivity index (χ0n) is 9.05. The number of anilines is 1. The Morgan fingerprint density at radius 2 is 2.35 bits per heavy atom. The molecule has 17 heavy (non-hydrogen) atoms. The molecule has 1 heterocycles. The zero-order valence-corrected chi connectivity index (χ0v) is 9.87. The van der Waals surface area contributed by atoms with E-state index in [0.29, 0.717) is 11.0 Å². The van der Waals surface area contributed by atoms with Crippen LogP contribution in [0.2, 0.25) is 0 Å². The topological polar surface area (TPSA) is 91.3 Å². The van der Waals surface area contributed by atoms with Crippen molar-refractivity contribution < 1.29 is 14.7 Å². The second-order valence-electron chi connectivity index (χ2n) is 3.98. The molecule has 2 amide bonds. The minimum absolute atomic E-state index is 0.0318. The van der Waals surface area contributed by atoms with Crippen LogP contribution < -0.4 is 10.6 Å². The van der Waals surface area contributed by atoms with Crippen LogP contribution in [-0.2, 0) is 4.79 Å². The minimum atomic E-state index is -0.892. The number of amides is 2. The van der Waals surface area contributed by atoms with E-state index in [2.05, 4.69) is 15.6 Å². The lowest BCUT2D eigenvalue weighted by molar-refractivity contribution is -0.137. The molecule has 1 aliphatic carbocycles. The van der Waals surface area contributed by atoms with Gasteiger partial charge in [0.15, 0.2) is 5.13 Å². The minimum Gasteiger partial charge on any atom is -0.481 e. The summed E-state index contributed by atoms with van der Waals surface area (Å²) < 4.78 is 0. The van der Waals surface area contributed by atoms with Crippen LogP contribution in [0.15, 0.2) is 11.6 Å². The van der Waals surface area contributed by atoms with Crippen LogP contribution in [0.3, 0.4) is 0 Å². The summed E-state index contributed by atoms with van der Waals surface area (Å²) in [5.41, 5.74) is 0. The van der Waals surface area contributed by atoms with Gasteiger partial charge in [0.2, 0.25) is 0 Å². The van der Waals surface area contributed by atoms with Crippen molar-refractivity contribution in [3.05, 3.63) is 11.6 Å². The Balaban J connectivity index is 1.84. The fourth-order valence-electron chi connectivity index (χ4n) is 1.61. The number of hydrogen-bond acceptors (Lipinski definition) is 4. The summed E-state index contributed by atoms with van der Waals surface area (Å²) in [7, 11) is 0. The Labute approximate surface area is 102 Å². The summed E-state index contributed by atoms with van der Waals surface area (Å²) in [5, 5.41) is 16.3. The summed E-state index contributed by atoms with van der Waals surface area (Å²) in [6.07, 6.45) is 3.52. The average molecular weight is 255 g/mol. The number of rotatable bonds is 5. The molecule has 2 rings (SSSR count). The third-order valence-electron chi connectivity index (χ3n) is 2.55. The van der Waals surface area contributed by atoms with Gasteiger partial charge in [0.1, 0.15) is 0 Å². The number of hydrogen-bond donors (Lipinski definition) is 3. The van der Waals surface area contributed by atoms with E-state index in [9.17, 15) is 9.59 Å². The lowest BCUT2D eigenvalue weighted by Gasteiger charge is -2.15. The monoisotopic (exact) mass is 255 g/mol. The fourth-order valence-corrected chi connectivity index (χ4v) is 2.13. The molecule has 0 aliphatic heterocycles. The first kappa shape index (κ1) is 11.8. The second-order valence-corrected chi connectivity index (χ2v) is 4.87. The highest BCUT2D eigenvalue weighted by Gasteiger charge is 2.33. The van der Waals surface area contributed by atoms with Crippen LogP contribution in [0.1, 0.15) is 19.3 Å².